The quantitative estimate of drug-likeness (QED) is 0.622. The molecule has 2 amide bonds. The second-order valence-electron chi connectivity index (χ2n) is 6.83. The van der Waals surface area contributed by atoms with Crippen molar-refractivity contribution in [3.05, 3.63) is 58.8 Å². The lowest BCUT2D eigenvalue weighted by Crippen LogP contribution is -2.47. The highest BCUT2D eigenvalue weighted by atomic mass is 32.1. The summed E-state index contributed by atoms with van der Waals surface area (Å²) in [6, 6.07) is 9.29. The van der Waals surface area contributed by atoms with Crippen molar-refractivity contribution in [1.29, 1.82) is 0 Å². The summed E-state index contributed by atoms with van der Waals surface area (Å²) in [5.74, 6) is 1.18. The van der Waals surface area contributed by atoms with Crippen molar-refractivity contribution in [3.63, 3.8) is 0 Å². The number of hydrogen-bond donors (Lipinski definition) is 0. The first-order chi connectivity index (χ1) is 14.0. The first kappa shape index (κ1) is 20.9. The minimum Gasteiger partial charge on any atom is -0.497 e. The molecular weight excluding hydrogens is 388 g/mol. The van der Waals surface area contributed by atoms with Crippen LogP contribution in [0.1, 0.15) is 23.4 Å². The number of carbonyl (C=O) groups excluding carboxylic acids is 2. The highest BCUT2D eigenvalue weighted by molar-refractivity contribution is 7.10. The molecule has 29 heavy (non-hydrogen) atoms. The molecule has 2 aromatic rings. The predicted octanol–water partition coefficient (Wildman–Crippen LogP) is 3.30. The lowest BCUT2D eigenvalue weighted by molar-refractivity contribution is -0.141. The molecule has 7 heteroatoms. The summed E-state index contributed by atoms with van der Waals surface area (Å²) < 4.78 is 11.3. The van der Waals surface area contributed by atoms with Crippen LogP contribution in [0.25, 0.3) is 0 Å². The molecule has 1 aromatic carbocycles. The van der Waals surface area contributed by atoms with E-state index in [1.165, 1.54) is 16.7 Å². The minimum absolute atomic E-state index is 0.0382. The van der Waals surface area contributed by atoms with Crippen LogP contribution in [0.15, 0.2) is 48.4 Å². The Morgan fingerprint density at radius 2 is 2.14 bits per heavy atom. The number of rotatable bonds is 8. The van der Waals surface area contributed by atoms with Crippen molar-refractivity contribution in [2.75, 3.05) is 33.4 Å². The maximum atomic E-state index is 13.1. The number of carbonyl (C=O) groups is 2. The number of nitrogens with zero attached hydrogens (tertiary/aromatic N) is 2. The van der Waals surface area contributed by atoms with Crippen molar-refractivity contribution >= 4 is 23.2 Å². The molecule has 0 unspecified atom stereocenters. The lowest BCUT2D eigenvalue weighted by atomic mass is 10.0. The molecule has 0 fully saturated rings. The fourth-order valence-corrected chi connectivity index (χ4v) is 4.38. The summed E-state index contributed by atoms with van der Waals surface area (Å²) >= 11 is 1.71. The fourth-order valence-electron chi connectivity index (χ4n) is 3.46. The van der Waals surface area contributed by atoms with Crippen LogP contribution in [0.5, 0.6) is 11.5 Å². The maximum absolute atomic E-state index is 13.1. The van der Waals surface area contributed by atoms with Gasteiger partial charge in [0.25, 0.3) is 0 Å². The number of hydrogen-bond acceptors (Lipinski definition) is 5. The molecule has 1 aliphatic rings. The monoisotopic (exact) mass is 414 g/mol. The van der Waals surface area contributed by atoms with E-state index in [0.717, 1.165) is 17.7 Å². The molecule has 0 saturated heterocycles. The standard InChI is InChI=1S/C22H26N2O4S/c1-4-10-23(16(2)25)14-22(26)24-11-8-21-19(9-12-29-21)20(24)15-28-18-7-5-6-17(13-18)27-3/h4-7,9,12-13,20H,1,8,10-11,14-15H2,2-3H3/t20-/m1/s1. The van der Waals surface area contributed by atoms with Crippen LogP contribution in [0.4, 0.5) is 0 Å². The first-order valence-corrected chi connectivity index (χ1v) is 10.4. The van der Waals surface area contributed by atoms with E-state index < -0.39 is 0 Å². The van der Waals surface area contributed by atoms with Crippen molar-refractivity contribution in [2.45, 2.75) is 19.4 Å². The summed E-state index contributed by atoms with van der Waals surface area (Å²) in [7, 11) is 1.61. The molecule has 154 valence electrons. The van der Waals surface area contributed by atoms with Crippen LogP contribution in [0.3, 0.4) is 0 Å². The van der Waals surface area contributed by atoms with Crippen molar-refractivity contribution in [3.8, 4) is 11.5 Å². The van der Waals surface area contributed by atoms with Crippen LogP contribution in [0, 0.1) is 0 Å². The summed E-state index contributed by atoms with van der Waals surface area (Å²) in [5.41, 5.74) is 1.12. The van der Waals surface area contributed by atoms with Gasteiger partial charge in [0.15, 0.2) is 0 Å². The van der Waals surface area contributed by atoms with E-state index in [1.54, 1.807) is 24.5 Å². The SMILES string of the molecule is C=CCN(CC(=O)N1CCc2sccc2[C@H]1COc1cccc(OC)c1)C(C)=O. The Bertz CT molecular complexity index is 879. The smallest absolute Gasteiger partial charge is 0.242 e. The van der Waals surface area contributed by atoms with E-state index in [4.69, 9.17) is 9.47 Å². The Hall–Kier alpha value is -2.80. The molecule has 6 nitrogen and oxygen atoms in total. The van der Waals surface area contributed by atoms with Gasteiger partial charge in [0.2, 0.25) is 11.8 Å². The number of amides is 2. The molecule has 0 saturated carbocycles. The average Bonchev–Trinajstić information content (AvgIpc) is 3.20. The van der Waals surface area contributed by atoms with Gasteiger partial charge in [0, 0.05) is 31.0 Å². The van der Waals surface area contributed by atoms with E-state index in [-0.39, 0.29) is 24.4 Å². The molecule has 1 aliphatic heterocycles. The van der Waals surface area contributed by atoms with Gasteiger partial charge in [-0.15, -0.1) is 17.9 Å². The summed E-state index contributed by atoms with van der Waals surface area (Å²) in [4.78, 5) is 29.5. The zero-order valence-corrected chi connectivity index (χ0v) is 17.6. The van der Waals surface area contributed by atoms with Gasteiger partial charge >= 0.3 is 0 Å². The van der Waals surface area contributed by atoms with Gasteiger partial charge in [-0.1, -0.05) is 12.1 Å². The summed E-state index contributed by atoms with van der Waals surface area (Å²) in [6.45, 7) is 6.47. The molecule has 0 spiro atoms. The molecule has 2 heterocycles. The summed E-state index contributed by atoms with van der Waals surface area (Å²) in [5, 5.41) is 2.05. The second-order valence-corrected chi connectivity index (χ2v) is 7.83. The van der Waals surface area contributed by atoms with Crippen molar-refractivity contribution in [1.82, 2.24) is 9.80 Å². The van der Waals surface area contributed by atoms with E-state index in [1.807, 2.05) is 29.2 Å². The zero-order valence-electron chi connectivity index (χ0n) is 16.8. The highest BCUT2D eigenvalue weighted by Gasteiger charge is 2.33. The number of fused-ring (bicyclic) bond motifs is 1. The maximum Gasteiger partial charge on any atom is 0.242 e. The highest BCUT2D eigenvalue weighted by Crippen LogP contribution is 2.34. The van der Waals surface area contributed by atoms with Crippen LogP contribution in [-0.4, -0.2) is 55.0 Å². The van der Waals surface area contributed by atoms with Gasteiger partial charge in [-0.2, -0.15) is 0 Å². The van der Waals surface area contributed by atoms with Crippen LogP contribution < -0.4 is 9.47 Å². The molecule has 0 bridgehead atoms. The van der Waals surface area contributed by atoms with Gasteiger partial charge in [0.05, 0.1) is 13.2 Å². The van der Waals surface area contributed by atoms with Gasteiger partial charge in [-0.3, -0.25) is 9.59 Å². The Balaban J connectivity index is 1.77. The Kier molecular flexibility index (Phi) is 6.93. The van der Waals surface area contributed by atoms with E-state index in [2.05, 4.69) is 18.0 Å². The lowest BCUT2D eigenvalue weighted by Gasteiger charge is -2.37. The van der Waals surface area contributed by atoms with Gasteiger partial charge in [-0.05, 0) is 35.6 Å². The zero-order chi connectivity index (χ0) is 20.8. The number of benzene rings is 1. The first-order valence-electron chi connectivity index (χ1n) is 9.52. The molecular formula is C22H26N2O4S. The van der Waals surface area contributed by atoms with Gasteiger partial charge < -0.3 is 19.3 Å². The molecule has 0 N–H and O–H groups in total. The van der Waals surface area contributed by atoms with Gasteiger partial charge in [-0.25, -0.2) is 0 Å². The molecule has 1 aromatic heterocycles. The Morgan fingerprint density at radius 3 is 2.86 bits per heavy atom. The van der Waals surface area contributed by atoms with Crippen LogP contribution in [-0.2, 0) is 16.0 Å². The third-order valence-corrected chi connectivity index (χ3v) is 5.98. The Morgan fingerprint density at radius 1 is 1.34 bits per heavy atom. The van der Waals surface area contributed by atoms with Crippen LogP contribution >= 0.6 is 11.3 Å². The molecule has 0 radical (unpaired) electrons. The van der Waals surface area contributed by atoms with E-state index in [9.17, 15) is 9.59 Å². The summed E-state index contributed by atoms with van der Waals surface area (Å²) in [6.07, 6.45) is 2.45. The average molecular weight is 415 g/mol. The molecule has 3 rings (SSSR count). The number of thiophene rings is 1. The van der Waals surface area contributed by atoms with Crippen molar-refractivity contribution in [2.24, 2.45) is 0 Å². The topological polar surface area (TPSA) is 59.1 Å². The molecule has 1 atom stereocenters. The molecule has 0 aliphatic carbocycles. The van der Waals surface area contributed by atoms with Crippen molar-refractivity contribution < 1.29 is 19.1 Å². The Labute approximate surface area is 175 Å². The predicted molar refractivity (Wildman–Crippen MR) is 113 cm³/mol. The largest absolute Gasteiger partial charge is 0.497 e. The van der Waals surface area contributed by atoms with E-state index in [0.29, 0.717) is 25.4 Å². The number of ether oxygens (including phenoxy) is 2. The van der Waals surface area contributed by atoms with Crippen LogP contribution in [0.2, 0.25) is 0 Å². The third-order valence-electron chi connectivity index (χ3n) is 4.99. The van der Waals surface area contributed by atoms with E-state index >= 15 is 0 Å². The fraction of sp³-hybridized carbons (Fsp3) is 0.364. The third kappa shape index (κ3) is 4.98. The number of methoxy groups -OCH3 is 1. The van der Waals surface area contributed by atoms with Gasteiger partial charge in [0.1, 0.15) is 24.7 Å². The minimum atomic E-state index is -0.193. The normalized spacial score (nSPS) is 15.4. The second kappa shape index (κ2) is 9.60.